The van der Waals surface area contributed by atoms with Crippen molar-refractivity contribution < 1.29 is 33.9 Å². The van der Waals surface area contributed by atoms with E-state index in [1.807, 2.05) is 6.07 Å². The summed E-state index contributed by atoms with van der Waals surface area (Å²) in [5.74, 6) is -3.24. The molecule has 0 radical (unpaired) electrons. The van der Waals surface area contributed by atoms with Crippen LogP contribution in [0.5, 0.6) is 0 Å². The molecular formula is C30H41N7O7. The first kappa shape index (κ1) is 35.5. The average Bonchev–Trinajstić information content (AvgIpc) is 3.04. The Morgan fingerprint density at radius 2 is 1.23 bits per heavy atom. The Morgan fingerprint density at radius 3 is 1.70 bits per heavy atom. The van der Waals surface area contributed by atoms with Gasteiger partial charge in [-0.05, 0) is 30.5 Å². The molecule has 4 unspecified atom stereocenters. The Bertz CT molecular complexity index is 1230. The number of nitrogens with one attached hydrogen (secondary N) is 5. The summed E-state index contributed by atoms with van der Waals surface area (Å²) in [7, 11) is 0. The average molecular weight is 612 g/mol. The number of benzene rings is 2. The Hall–Kier alpha value is -4.66. The number of aldehydes is 1. The third-order valence-corrected chi connectivity index (χ3v) is 6.50. The lowest BCUT2D eigenvalue weighted by Gasteiger charge is -2.24. The number of carbonyl (C=O) groups excluding carboxylic acids is 6. The third kappa shape index (κ3) is 12.7. The number of amides is 5. The molecule has 2 aromatic rings. The van der Waals surface area contributed by atoms with Crippen LogP contribution in [0.3, 0.4) is 0 Å². The molecule has 0 bridgehead atoms. The molecule has 238 valence electrons. The summed E-state index contributed by atoms with van der Waals surface area (Å²) >= 11 is 0. The smallest absolute Gasteiger partial charge is 0.243 e. The van der Waals surface area contributed by atoms with Gasteiger partial charge in [0.05, 0.1) is 19.7 Å². The molecule has 14 nitrogen and oxygen atoms in total. The van der Waals surface area contributed by atoms with Crippen molar-refractivity contribution in [2.75, 3.05) is 26.2 Å². The highest BCUT2D eigenvalue weighted by atomic mass is 16.3. The van der Waals surface area contributed by atoms with E-state index in [1.165, 1.54) is 0 Å². The van der Waals surface area contributed by atoms with Gasteiger partial charge < -0.3 is 48.0 Å². The number of rotatable bonds is 19. The van der Waals surface area contributed by atoms with E-state index in [0.717, 1.165) is 11.1 Å². The minimum Gasteiger partial charge on any atom is -0.394 e. The number of aliphatic hydroxyl groups is 1. The van der Waals surface area contributed by atoms with Crippen LogP contribution in [0.15, 0.2) is 60.7 Å². The van der Waals surface area contributed by atoms with Crippen LogP contribution in [-0.2, 0) is 41.6 Å². The standard InChI is InChI=1S/C30H41N7O7/c31-13-7-12-23(37-30(44)25(35-26(40)16-32)15-21-10-5-2-6-11-21)28(42)33-17-27(41)36-24(14-20-8-3-1-4-9-20)29(43)34-22(18-38)19-39/h1-6,8-11,18,22-25,39H,7,12-17,19,31-32H2,(H,33,42)(H,34,43)(H,35,40)(H,36,41)(H,37,44). The topological polar surface area (TPSA) is 235 Å². The lowest BCUT2D eigenvalue weighted by Crippen LogP contribution is -2.56. The second-order valence-electron chi connectivity index (χ2n) is 9.97. The summed E-state index contributed by atoms with van der Waals surface area (Å²) in [4.78, 5) is 75.0. The summed E-state index contributed by atoms with van der Waals surface area (Å²) in [5.41, 5.74) is 12.5. The van der Waals surface area contributed by atoms with Gasteiger partial charge >= 0.3 is 0 Å². The first-order valence-electron chi connectivity index (χ1n) is 14.2. The molecule has 0 heterocycles. The van der Waals surface area contributed by atoms with Gasteiger partial charge in [0.15, 0.2) is 0 Å². The van der Waals surface area contributed by atoms with Crippen molar-refractivity contribution in [1.29, 1.82) is 0 Å². The number of nitrogens with two attached hydrogens (primary N) is 2. The zero-order chi connectivity index (χ0) is 32.3. The summed E-state index contributed by atoms with van der Waals surface area (Å²) in [6.45, 7) is -1.23. The Labute approximate surface area is 255 Å². The molecule has 0 aromatic heterocycles. The largest absolute Gasteiger partial charge is 0.394 e. The molecular weight excluding hydrogens is 570 g/mol. The molecule has 0 aliphatic heterocycles. The maximum Gasteiger partial charge on any atom is 0.243 e. The molecule has 10 N–H and O–H groups in total. The fourth-order valence-electron chi connectivity index (χ4n) is 4.18. The van der Waals surface area contributed by atoms with Crippen molar-refractivity contribution in [3.05, 3.63) is 71.8 Å². The minimum absolute atomic E-state index is 0.0792. The lowest BCUT2D eigenvalue weighted by atomic mass is 10.0. The van der Waals surface area contributed by atoms with Crippen molar-refractivity contribution in [1.82, 2.24) is 26.6 Å². The van der Waals surface area contributed by atoms with Crippen LogP contribution in [-0.4, -0.2) is 91.3 Å². The first-order valence-corrected chi connectivity index (χ1v) is 14.2. The highest BCUT2D eigenvalue weighted by Gasteiger charge is 2.28. The first-order chi connectivity index (χ1) is 21.2. The van der Waals surface area contributed by atoms with Crippen molar-refractivity contribution in [3.63, 3.8) is 0 Å². The third-order valence-electron chi connectivity index (χ3n) is 6.50. The molecule has 0 spiro atoms. The lowest BCUT2D eigenvalue weighted by molar-refractivity contribution is -0.133. The van der Waals surface area contributed by atoms with Gasteiger partial charge in [0.2, 0.25) is 29.5 Å². The van der Waals surface area contributed by atoms with Gasteiger partial charge in [0.1, 0.15) is 30.5 Å². The van der Waals surface area contributed by atoms with Gasteiger partial charge in [-0.2, -0.15) is 0 Å². The molecule has 0 aliphatic carbocycles. The molecule has 44 heavy (non-hydrogen) atoms. The molecule has 2 aromatic carbocycles. The van der Waals surface area contributed by atoms with Crippen molar-refractivity contribution in [2.24, 2.45) is 11.5 Å². The summed E-state index contributed by atoms with van der Waals surface area (Å²) in [5, 5.41) is 21.8. The van der Waals surface area contributed by atoms with Crippen LogP contribution in [0, 0.1) is 0 Å². The van der Waals surface area contributed by atoms with Crippen LogP contribution >= 0.6 is 0 Å². The van der Waals surface area contributed by atoms with Crippen molar-refractivity contribution >= 4 is 35.8 Å². The van der Waals surface area contributed by atoms with E-state index < -0.39 is 66.9 Å². The van der Waals surface area contributed by atoms with Gasteiger partial charge in [-0.25, -0.2) is 0 Å². The van der Waals surface area contributed by atoms with Gasteiger partial charge in [-0.1, -0.05) is 60.7 Å². The van der Waals surface area contributed by atoms with Crippen LogP contribution in [0.25, 0.3) is 0 Å². The van der Waals surface area contributed by atoms with Gasteiger partial charge in [0.25, 0.3) is 0 Å². The highest BCUT2D eigenvalue weighted by molar-refractivity contribution is 5.94. The fraction of sp³-hybridized carbons (Fsp3) is 0.400. The summed E-state index contributed by atoms with van der Waals surface area (Å²) in [6, 6.07) is 13.4. The minimum atomic E-state index is -1.15. The zero-order valence-corrected chi connectivity index (χ0v) is 24.4. The SMILES string of the molecule is NCCCC(NC(=O)C(Cc1ccccc1)NC(=O)CN)C(=O)NCC(=O)NC(Cc1ccccc1)C(=O)NC(C=O)CO. The maximum atomic E-state index is 13.2. The fourth-order valence-corrected chi connectivity index (χ4v) is 4.18. The molecule has 4 atom stereocenters. The summed E-state index contributed by atoms with van der Waals surface area (Å²) < 4.78 is 0. The van der Waals surface area contributed by atoms with E-state index in [0.29, 0.717) is 12.7 Å². The molecule has 0 saturated carbocycles. The van der Waals surface area contributed by atoms with Crippen LogP contribution in [0.2, 0.25) is 0 Å². The van der Waals surface area contributed by atoms with Crippen molar-refractivity contribution in [3.8, 4) is 0 Å². The van der Waals surface area contributed by atoms with E-state index in [9.17, 15) is 33.9 Å². The van der Waals surface area contributed by atoms with Crippen molar-refractivity contribution in [2.45, 2.75) is 49.9 Å². The molecule has 5 amide bonds. The molecule has 0 aliphatic rings. The molecule has 0 saturated heterocycles. The predicted molar refractivity (Wildman–Crippen MR) is 162 cm³/mol. The quantitative estimate of drug-likeness (QED) is 0.0778. The number of carbonyl (C=O) groups is 6. The normalized spacial score (nSPS) is 13.3. The highest BCUT2D eigenvalue weighted by Crippen LogP contribution is 2.06. The van der Waals surface area contributed by atoms with E-state index in [-0.39, 0.29) is 32.4 Å². The Balaban J connectivity index is 2.08. The second kappa shape index (κ2) is 19.5. The van der Waals surface area contributed by atoms with Crippen LogP contribution in [0.1, 0.15) is 24.0 Å². The van der Waals surface area contributed by atoms with E-state index >= 15 is 0 Å². The van der Waals surface area contributed by atoms with E-state index in [2.05, 4.69) is 26.6 Å². The molecule has 0 fully saturated rings. The number of hydrogen-bond acceptors (Lipinski definition) is 9. The van der Waals surface area contributed by atoms with Gasteiger partial charge in [-0.3, -0.25) is 24.0 Å². The van der Waals surface area contributed by atoms with Crippen LogP contribution < -0.4 is 38.1 Å². The Kier molecular flexibility index (Phi) is 15.8. The number of aliphatic hydroxyl groups excluding tert-OH is 1. The second-order valence-corrected chi connectivity index (χ2v) is 9.97. The van der Waals surface area contributed by atoms with E-state index in [4.69, 9.17) is 11.5 Å². The van der Waals surface area contributed by atoms with Crippen LogP contribution in [0.4, 0.5) is 0 Å². The Morgan fingerprint density at radius 1 is 0.705 bits per heavy atom. The summed E-state index contributed by atoms with van der Waals surface area (Å²) in [6.07, 6.45) is 1.15. The monoisotopic (exact) mass is 611 g/mol. The zero-order valence-electron chi connectivity index (χ0n) is 24.4. The molecule has 2 rings (SSSR count). The molecule has 14 heteroatoms. The van der Waals surface area contributed by atoms with Gasteiger partial charge in [0, 0.05) is 12.8 Å². The van der Waals surface area contributed by atoms with Gasteiger partial charge in [-0.15, -0.1) is 0 Å². The van der Waals surface area contributed by atoms with E-state index in [1.54, 1.807) is 54.6 Å². The maximum absolute atomic E-state index is 13.2. The predicted octanol–water partition coefficient (Wildman–Crippen LogP) is -2.58. The number of hydrogen-bond donors (Lipinski definition) is 8.